The molecule has 1 aromatic rings. The molecule has 0 bridgehead atoms. The summed E-state index contributed by atoms with van der Waals surface area (Å²) in [4.78, 5) is 20.1. The number of pyridine rings is 1. The third kappa shape index (κ3) is 3.20. The molecule has 7 heteroatoms. The summed E-state index contributed by atoms with van der Waals surface area (Å²) in [7, 11) is 3.87. The molecule has 1 saturated heterocycles. The smallest absolute Gasteiger partial charge is 0.257 e. The molecule has 1 amide bonds. The van der Waals surface area contributed by atoms with Gasteiger partial charge in [0.05, 0.1) is 23.6 Å². The molecule has 0 saturated carbocycles. The van der Waals surface area contributed by atoms with Crippen LogP contribution >= 0.6 is 11.6 Å². The molecular weight excluding hydrogens is 280 g/mol. The highest BCUT2D eigenvalue weighted by atomic mass is 35.5. The van der Waals surface area contributed by atoms with Crippen molar-refractivity contribution in [2.75, 3.05) is 32.9 Å². The summed E-state index contributed by atoms with van der Waals surface area (Å²) in [5.41, 5.74) is 6.33. The lowest BCUT2D eigenvalue weighted by Gasteiger charge is -2.27. The van der Waals surface area contributed by atoms with Crippen LogP contribution in [0.3, 0.4) is 0 Å². The predicted molar refractivity (Wildman–Crippen MR) is 77.7 cm³/mol. The molecule has 1 fully saturated rings. The summed E-state index contributed by atoms with van der Waals surface area (Å²) in [6.45, 7) is 0.999. The Hall–Kier alpha value is -1.37. The minimum absolute atomic E-state index is 0.0370. The van der Waals surface area contributed by atoms with Gasteiger partial charge in [-0.25, -0.2) is 4.98 Å². The van der Waals surface area contributed by atoms with Crippen LogP contribution in [-0.2, 0) is 0 Å². The first-order chi connectivity index (χ1) is 9.38. The molecular formula is C13H19ClN4O2. The normalized spacial score (nSPS) is 22.6. The van der Waals surface area contributed by atoms with E-state index in [4.69, 9.17) is 17.3 Å². The molecule has 2 atom stereocenters. The molecule has 0 radical (unpaired) electrons. The summed E-state index contributed by atoms with van der Waals surface area (Å²) in [6, 6.07) is 1.49. The quantitative estimate of drug-likeness (QED) is 0.792. The molecule has 0 spiro atoms. The maximum atomic E-state index is 12.6. The summed E-state index contributed by atoms with van der Waals surface area (Å²) in [6.07, 6.45) is 1.48. The fraction of sp³-hybridized carbons (Fsp3) is 0.538. The Balaban J connectivity index is 2.24. The van der Waals surface area contributed by atoms with E-state index >= 15 is 0 Å². The van der Waals surface area contributed by atoms with E-state index in [0.717, 1.165) is 0 Å². The number of halogens is 1. The second-order valence-electron chi connectivity index (χ2n) is 5.37. The fourth-order valence-electron chi connectivity index (χ4n) is 2.50. The van der Waals surface area contributed by atoms with Gasteiger partial charge in [-0.05, 0) is 26.6 Å². The number of aliphatic hydroxyl groups excluding tert-OH is 1. The van der Waals surface area contributed by atoms with Crippen LogP contribution in [0.1, 0.15) is 16.8 Å². The molecule has 1 aromatic heterocycles. The maximum absolute atomic E-state index is 12.6. The van der Waals surface area contributed by atoms with Crippen LogP contribution in [0, 0.1) is 0 Å². The minimum atomic E-state index is -0.503. The molecule has 2 unspecified atom stereocenters. The Kier molecular flexibility index (Phi) is 4.47. The fourth-order valence-corrected chi connectivity index (χ4v) is 2.69. The summed E-state index contributed by atoms with van der Waals surface area (Å²) >= 11 is 5.97. The number of carbonyl (C=O) groups excluding carboxylic acids is 1. The van der Waals surface area contributed by atoms with Gasteiger partial charge in [0.25, 0.3) is 5.91 Å². The molecule has 2 rings (SSSR count). The van der Waals surface area contributed by atoms with E-state index in [1.54, 1.807) is 4.90 Å². The van der Waals surface area contributed by atoms with Crippen LogP contribution < -0.4 is 5.73 Å². The molecule has 2 heterocycles. The Morgan fingerprint density at radius 3 is 3.00 bits per heavy atom. The third-order valence-corrected chi connectivity index (χ3v) is 3.62. The van der Waals surface area contributed by atoms with Crippen molar-refractivity contribution in [3.63, 3.8) is 0 Å². The van der Waals surface area contributed by atoms with E-state index in [1.165, 1.54) is 12.3 Å². The highest BCUT2D eigenvalue weighted by Crippen LogP contribution is 2.24. The van der Waals surface area contributed by atoms with Crippen LogP contribution in [0.25, 0.3) is 0 Å². The highest BCUT2D eigenvalue weighted by Gasteiger charge is 2.35. The van der Waals surface area contributed by atoms with Gasteiger partial charge < -0.3 is 20.6 Å². The molecule has 0 aromatic carbocycles. The van der Waals surface area contributed by atoms with Crippen molar-refractivity contribution < 1.29 is 9.90 Å². The number of nitrogens with zero attached hydrogens (tertiary/aromatic N) is 3. The highest BCUT2D eigenvalue weighted by molar-refractivity contribution is 6.32. The lowest BCUT2D eigenvalue weighted by molar-refractivity contribution is 0.0699. The van der Waals surface area contributed by atoms with E-state index in [2.05, 4.69) is 4.98 Å². The van der Waals surface area contributed by atoms with Crippen molar-refractivity contribution in [1.29, 1.82) is 0 Å². The molecule has 6 nitrogen and oxygen atoms in total. The number of nitrogen functional groups attached to an aromatic ring is 1. The number of carbonyl (C=O) groups is 1. The van der Waals surface area contributed by atoms with Gasteiger partial charge >= 0.3 is 0 Å². The van der Waals surface area contributed by atoms with Crippen molar-refractivity contribution in [3.8, 4) is 0 Å². The number of likely N-dealkylation sites (tertiary alicyclic amines) is 1. The summed E-state index contributed by atoms with van der Waals surface area (Å²) in [5.74, 6) is -0.238. The first-order valence-electron chi connectivity index (χ1n) is 6.43. The maximum Gasteiger partial charge on any atom is 0.257 e. The summed E-state index contributed by atoms with van der Waals surface area (Å²) in [5, 5.41) is 9.95. The number of hydrogen-bond acceptors (Lipinski definition) is 5. The van der Waals surface area contributed by atoms with Crippen molar-refractivity contribution in [1.82, 2.24) is 14.8 Å². The van der Waals surface area contributed by atoms with Crippen LogP contribution in [0.5, 0.6) is 0 Å². The molecule has 20 heavy (non-hydrogen) atoms. The average molecular weight is 299 g/mol. The number of rotatable bonds is 3. The number of likely N-dealkylation sites (N-methyl/N-ethyl adjacent to an activating group) is 1. The second-order valence-corrected chi connectivity index (χ2v) is 5.73. The average Bonchev–Trinajstić information content (AvgIpc) is 2.71. The van der Waals surface area contributed by atoms with E-state index in [0.29, 0.717) is 25.2 Å². The first kappa shape index (κ1) is 15.0. The standard InChI is InChI=1S/C13H19ClN4O2/c1-17(2)6-9-4-10(19)7-18(9)13(20)11-3-8(15)5-16-12(11)14/h3,5,9-10,19H,4,6-7,15H2,1-2H3. The van der Waals surface area contributed by atoms with Crippen molar-refractivity contribution in [2.45, 2.75) is 18.6 Å². The predicted octanol–water partition coefficient (Wildman–Crippen LogP) is 0.454. The molecule has 110 valence electrons. The number of anilines is 1. The van der Waals surface area contributed by atoms with Gasteiger partial charge in [0, 0.05) is 19.1 Å². The topological polar surface area (TPSA) is 82.7 Å². The Labute approximate surface area is 123 Å². The third-order valence-electron chi connectivity index (χ3n) is 3.32. The number of amides is 1. The molecule has 1 aliphatic heterocycles. The van der Waals surface area contributed by atoms with Crippen LogP contribution in [0.4, 0.5) is 5.69 Å². The Morgan fingerprint density at radius 1 is 1.65 bits per heavy atom. The monoisotopic (exact) mass is 298 g/mol. The number of nitrogens with two attached hydrogens (primary N) is 1. The molecule has 3 N–H and O–H groups in total. The first-order valence-corrected chi connectivity index (χ1v) is 6.81. The lowest BCUT2D eigenvalue weighted by Crippen LogP contribution is -2.41. The van der Waals surface area contributed by atoms with Crippen molar-refractivity contribution in [3.05, 3.63) is 23.0 Å². The van der Waals surface area contributed by atoms with Crippen LogP contribution in [0.15, 0.2) is 12.3 Å². The van der Waals surface area contributed by atoms with Gasteiger partial charge in [0.15, 0.2) is 0 Å². The number of aliphatic hydroxyl groups is 1. The van der Waals surface area contributed by atoms with E-state index < -0.39 is 6.10 Å². The number of hydrogen-bond donors (Lipinski definition) is 2. The van der Waals surface area contributed by atoms with Crippen molar-refractivity contribution in [2.24, 2.45) is 0 Å². The second kappa shape index (κ2) is 5.95. The van der Waals surface area contributed by atoms with Gasteiger partial charge in [-0.3, -0.25) is 4.79 Å². The minimum Gasteiger partial charge on any atom is -0.397 e. The van der Waals surface area contributed by atoms with Crippen molar-refractivity contribution >= 4 is 23.2 Å². The Morgan fingerprint density at radius 2 is 2.35 bits per heavy atom. The van der Waals surface area contributed by atoms with E-state index in [9.17, 15) is 9.90 Å². The molecule has 0 aliphatic carbocycles. The van der Waals surface area contributed by atoms with E-state index in [1.807, 2.05) is 19.0 Å². The summed E-state index contributed by atoms with van der Waals surface area (Å²) < 4.78 is 0. The molecule has 1 aliphatic rings. The number of aromatic nitrogens is 1. The van der Waals surface area contributed by atoms with Gasteiger partial charge in [-0.15, -0.1) is 0 Å². The Bertz CT molecular complexity index is 509. The SMILES string of the molecule is CN(C)CC1CC(O)CN1C(=O)c1cc(N)cnc1Cl. The van der Waals surface area contributed by atoms with Gasteiger partial charge in [-0.2, -0.15) is 0 Å². The van der Waals surface area contributed by atoms with E-state index in [-0.39, 0.29) is 22.7 Å². The van der Waals surface area contributed by atoms with Gasteiger partial charge in [-0.1, -0.05) is 11.6 Å². The zero-order valence-corrected chi connectivity index (χ0v) is 12.3. The zero-order valence-electron chi connectivity index (χ0n) is 11.6. The van der Waals surface area contributed by atoms with Gasteiger partial charge in [0.1, 0.15) is 5.15 Å². The van der Waals surface area contributed by atoms with Crippen LogP contribution in [0.2, 0.25) is 5.15 Å². The van der Waals surface area contributed by atoms with Crippen LogP contribution in [-0.4, -0.2) is 65.1 Å². The number of β-amino-alcohol motifs (C(OH)–C–C–N with tert-alkyl or cyclic N) is 1. The largest absolute Gasteiger partial charge is 0.397 e. The zero-order chi connectivity index (χ0) is 14.9. The van der Waals surface area contributed by atoms with Gasteiger partial charge in [0.2, 0.25) is 0 Å². The lowest BCUT2D eigenvalue weighted by atomic mass is 10.1.